The smallest absolute Gasteiger partial charge is 0.306 e. The molecule has 1 unspecified atom stereocenters. The third-order valence-corrected chi connectivity index (χ3v) is 7.72. The number of nitrogens with two attached hydrogens (primary N) is 1. The van der Waals surface area contributed by atoms with Crippen LogP contribution in [0.25, 0.3) is 0 Å². The summed E-state index contributed by atoms with van der Waals surface area (Å²) in [5.41, 5.74) is 7.47. The molecular weight excluding hydrogens is 496 g/mol. The number of nitrogens with zero attached hydrogens (tertiary/aromatic N) is 2. The topological polar surface area (TPSA) is 129 Å². The fourth-order valence-corrected chi connectivity index (χ4v) is 5.56. The van der Waals surface area contributed by atoms with Gasteiger partial charge in [-0.15, -0.1) is 0 Å². The highest BCUT2D eigenvalue weighted by atomic mass is 16.5. The van der Waals surface area contributed by atoms with Gasteiger partial charge in [0.05, 0.1) is 18.7 Å². The third-order valence-electron chi connectivity index (χ3n) is 7.72. The second-order valence-corrected chi connectivity index (χ2v) is 10.6. The van der Waals surface area contributed by atoms with Gasteiger partial charge in [0.15, 0.2) is 0 Å². The molecule has 0 aliphatic carbocycles. The van der Waals surface area contributed by atoms with Gasteiger partial charge in [0.25, 0.3) is 5.91 Å². The molecule has 2 aliphatic heterocycles. The molecule has 0 aromatic heterocycles. The van der Waals surface area contributed by atoms with E-state index in [-0.39, 0.29) is 24.8 Å². The van der Waals surface area contributed by atoms with Crippen LogP contribution in [0, 0.1) is 5.41 Å². The first-order chi connectivity index (χ1) is 18.7. The number of rotatable bonds is 12. The molecule has 210 valence electrons. The summed E-state index contributed by atoms with van der Waals surface area (Å²) in [6, 6.07) is 13.5. The highest BCUT2D eigenvalue weighted by molar-refractivity contribution is 6.01. The maximum Gasteiger partial charge on any atom is 0.306 e. The number of carbonyl (C=O) groups is 2. The lowest BCUT2D eigenvalue weighted by Crippen LogP contribution is -2.44. The van der Waals surface area contributed by atoms with Crippen molar-refractivity contribution in [2.45, 2.75) is 77.0 Å². The van der Waals surface area contributed by atoms with E-state index in [0.717, 1.165) is 25.8 Å². The standard InChI is InChI=1S/C30H40N4O5/c1-20-8-6-9-21(2)33(20)15-4-3-5-16-34-25-19-24(38-17-14-27(35)36)12-13-26(25)39-28(30(34)37)22-10-7-11-23(18-22)29(31)32/h7,10-13,18-21,28H,3-6,8-9,14-17H2,1-2H3,(H3,31,32)(H,35,36)/t20-,21+,28?. The van der Waals surface area contributed by atoms with Gasteiger partial charge < -0.3 is 25.2 Å². The third kappa shape index (κ3) is 7.09. The quantitative estimate of drug-likeness (QED) is 0.203. The molecule has 0 saturated carbocycles. The number of amidine groups is 1. The summed E-state index contributed by atoms with van der Waals surface area (Å²) < 4.78 is 11.8. The monoisotopic (exact) mass is 536 g/mol. The molecule has 2 aromatic carbocycles. The Morgan fingerprint density at radius 2 is 1.85 bits per heavy atom. The van der Waals surface area contributed by atoms with E-state index in [0.29, 0.717) is 46.9 Å². The molecule has 0 spiro atoms. The number of nitrogen functional groups attached to an aromatic ring is 1. The molecule has 2 aromatic rings. The average Bonchev–Trinajstić information content (AvgIpc) is 2.90. The number of piperidine rings is 1. The van der Waals surface area contributed by atoms with Crippen molar-refractivity contribution in [2.24, 2.45) is 5.73 Å². The zero-order valence-electron chi connectivity index (χ0n) is 22.9. The van der Waals surface area contributed by atoms with Gasteiger partial charge in [-0.25, -0.2) is 0 Å². The molecule has 2 aliphatic rings. The van der Waals surface area contributed by atoms with Crippen molar-refractivity contribution in [3.05, 3.63) is 53.6 Å². The van der Waals surface area contributed by atoms with Crippen LogP contribution in [-0.2, 0) is 9.59 Å². The lowest BCUT2D eigenvalue weighted by atomic mass is 9.97. The molecule has 2 heterocycles. The number of carbonyl (C=O) groups excluding carboxylic acids is 1. The van der Waals surface area contributed by atoms with E-state index in [4.69, 9.17) is 25.7 Å². The van der Waals surface area contributed by atoms with Gasteiger partial charge in [-0.2, -0.15) is 0 Å². The summed E-state index contributed by atoms with van der Waals surface area (Å²) in [6.07, 6.45) is 5.75. The minimum absolute atomic E-state index is 0.0384. The molecule has 9 nitrogen and oxygen atoms in total. The SMILES string of the molecule is C[C@@H]1CCC[C@H](C)N1CCCCCN1C(=O)C(c2cccc(C(=N)N)c2)Oc2ccc(OCCC(=O)O)cc21. The number of hydrogen-bond donors (Lipinski definition) is 3. The number of carboxylic acid groups (broad SMARTS) is 1. The van der Waals surface area contributed by atoms with E-state index >= 15 is 0 Å². The van der Waals surface area contributed by atoms with Crippen molar-refractivity contribution in [1.29, 1.82) is 5.41 Å². The second kappa shape index (κ2) is 13.0. The number of aliphatic carboxylic acids is 1. The first-order valence-corrected chi connectivity index (χ1v) is 13.9. The van der Waals surface area contributed by atoms with Crippen LogP contribution in [-0.4, -0.2) is 59.5 Å². The van der Waals surface area contributed by atoms with Crippen LogP contribution in [0.3, 0.4) is 0 Å². The number of ether oxygens (including phenoxy) is 2. The van der Waals surface area contributed by atoms with Gasteiger partial charge >= 0.3 is 5.97 Å². The summed E-state index contributed by atoms with van der Waals surface area (Å²) in [5, 5.41) is 16.7. The Balaban J connectivity index is 1.49. The number of likely N-dealkylation sites (tertiary alicyclic amines) is 1. The molecule has 1 fully saturated rings. The van der Waals surface area contributed by atoms with Crippen molar-refractivity contribution in [2.75, 3.05) is 24.6 Å². The Morgan fingerprint density at radius 1 is 1.10 bits per heavy atom. The Morgan fingerprint density at radius 3 is 2.56 bits per heavy atom. The van der Waals surface area contributed by atoms with E-state index < -0.39 is 12.1 Å². The van der Waals surface area contributed by atoms with E-state index in [2.05, 4.69) is 18.7 Å². The highest BCUT2D eigenvalue weighted by Crippen LogP contribution is 2.41. The molecule has 4 N–H and O–H groups in total. The molecule has 1 saturated heterocycles. The van der Waals surface area contributed by atoms with Crippen LogP contribution >= 0.6 is 0 Å². The maximum absolute atomic E-state index is 13.8. The predicted molar refractivity (Wildman–Crippen MR) is 151 cm³/mol. The number of amides is 1. The van der Waals surface area contributed by atoms with Crippen LogP contribution in [0.5, 0.6) is 11.5 Å². The Bertz CT molecular complexity index is 1180. The number of unbranched alkanes of at least 4 members (excludes halogenated alkanes) is 2. The average molecular weight is 537 g/mol. The van der Waals surface area contributed by atoms with E-state index in [9.17, 15) is 9.59 Å². The van der Waals surface area contributed by atoms with Crippen molar-refractivity contribution < 1.29 is 24.2 Å². The van der Waals surface area contributed by atoms with Gasteiger partial charge in [0.2, 0.25) is 6.10 Å². The molecule has 0 radical (unpaired) electrons. The Hall–Kier alpha value is -3.59. The van der Waals surface area contributed by atoms with E-state index in [1.165, 1.54) is 19.3 Å². The summed E-state index contributed by atoms with van der Waals surface area (Å²) in [6.45, 7) is 6.27. The van der Waals surface area contributed by atoms with Crippen LogP contribution in [0.1, 0.15) is 76.0 Å². The van der Waals surface area contributed by atoms with Gasteiger partial charge in [-0.3, -0.25) is 19.9 Å². The molecule has 39 heavy (non-hydrogen) atoms. The second-order valence-electron chi connectivity index (χ2n) is 10.6. The van der Waals surface area contributed by atoms with Gasteiger partial charge in [0, 0.05) is 35.8 Å². The van der Waals surface area contributed by atoms with Gasteiger partial charge in [-0.05, 0) is 64.3 Å². The summed E-state index contributed by atoms with van der Waals surface area (Å²) in [4.78, 5) is 29.0. The number of anilines is 1. The first kappa shape index (κ1) is 28.4. The maximum atomic E-state index is 13.8. The number of hydrogen-bond acceptors (Lipinski definition) is 6. The van der Waals surface area contributed by atoms with Crippen molar-refractivity contribution in [3.63, 3.8) is 0 Å². The van der Waals surface area contributed by atoms with E-state index in [1.807, 2.05) is 6.07 Å². The fourth-order valence-electron chi connectivity index (χ4n) is 5.56. The fraction of sp³-hybridized carbons (Fsp3) is 0.500. The summed E-state index contributed by atoms with van der Waals surface area (Å²) in [5.74, 6) is -0.157. The zero-order valence-corrected chi connectivity index (χ0v) is 22.9. The summed E-state index contributed by atoms with van der Waals surface area (Å²) in [7, 11) is 0. The molecule has 1 amide bonds. The molecule has 4 rings (SSSR count). The largest absolute Gasteiger partial charge is 0.493 e. The molecule has 9 heteroatoms. The number of carboxylic acids is 1. The van der Waals surface area contributed by atoms with Crippen LogP contribution in [0.2, 0.25) is 0 Å². The normalized spacial score (nSPS) is 21.2. The first-order valence-electron chi connectivity index (χ1n) is 13.9. The molecular formula is C30H40N4O5. The number of fused-ring (bicyclic) bond motifs is 1. The van der Waals surface area contributed by atoms with Crippen molar-refractivity contribution in [1.82, 2.24) is 4.90 Å². The number of benzene rings is 2. The van der Waals surface area contributed by atoms with Gasteiger partial charge in [0.1, 0.15) is 17.3 Å². The Kier molecular flexibility index (Phi) is 9.45. The lowest BCUT2D eigenvalue weighted by molar-refractivity contribution is -0.137. The Labute approximate surface area is 230 Å². The predicted octanol–water partition coefficient (Wildman–Crippen LogP) is 4.72. The van der Waals surface area contributed by atoms with Crippen molar-refractivity contribution >= 4 is 23.4 Å². The highest BCUT2D eigenvalue weighted by Gasteiger charge is 2.36. The zero-order chi connectivity index (χ0) is 27.9. The minimum Gasteiger partial charge on any atom is -0.493 e. The molecule has 3 atom stereocenters. The van der Waals surface area contributed by atoms with Crippen LogP contribution in [0.15, 0.2) is 42.5 Å². The molecule has 0 bridgehead atoms. The number of nitrogens with one attached hydrogen (secondary N) is 1. The minimum atomic E-state index is -0.933. The summed E-state index contributed by atoms with van der Waals surface area (Å²) >= 11 is 0. The van der Waals surface area contributed by atoms with Crippen molar-refractivity contribution in [3.8, 4) is 11.5 Å². The van der Waals surface area contributed by atoms with Crippen LogP contribution < -0.4 is 20.1 Å². The van der Waals surface area contributed by atoms with Gasteiger partial charge in [-0.1, -0.05) is 31.0 Å². The van der Waals surface area contributed by atoms with Crippen LogP contribution in [0.4, 0.5) is 5.69 Å². The lowest BCUT2D eigenvalue weighted by Gasteiger charge is -2.39. The van der Waals surface area contributed by atoms with E-state index in [1.54, 1.807) is 41.3 Å².